The minimum absolute atomic E-state index is 0.0954. The lowest BCUT2D eigenvalue weighted by molar-refractivity contribution is -0.0822. The molecule has 0 bridgehead atoms. The van der Waals surface area contributed by atoms with Gasteiger partial charge in [-0.25, -0.2) is 0 Å². The van der Waals surface area contributed by atoms with Gasteiger partial charge in [0.1, 0.15) is 5.75 Å². The van der Waals surface area contributed by atoms with Crippen molar-refractivity contribution in [2.75, 3.05) is 45.3 Å². The molecule has 2 fully saturated rings. The number of anilines is 1. The van der Waals surface area contributed by atoms with Gasteiger partial charge in [0, 0.05) is 52.6 Å². The van der Waals surface area contributed by atoms with E-state index < -0.39 is 0 Å². The molecule has 0 saturated heterocycles. The van der Waals surface area contributed by atoms with Gasteiger partial charge >= 0.3 is 0 Å². The Hall–Kier alpha value is -1.30. The summed E-state index contributed by atoms with van der Waals surface area (Å²) in [6.07, 6.45) is 9.52. The maximum atomic E-state index is 10.1. The first-order valence-electron chi connectivity index (χ1n) is 11.0. The smallest absolute Gasteiger partial charge is 0.116 e. The lowest BCUT2D eigenvalue weighted by Gasteiger charge is -2.42. The Bertz CT molecular complexity index is 659. The van der Waals surface area contributed by atoms with Gasteiger partial charge in [-0.05, 0) is 75.1 Å². The van der Waals surface area contributed by atoms with E-state index in [1.54, 1.807) is 0 Å². The Morgan fingerprint density at radius 3 is 2.14 bits per heavy atom. The van der Waals surface area contributed by atoms with Gasteiger partial charge in [-0.3, -0.25) is 4.90 Å². The first-order valence-corrected chi connectivity index (χ1v) is 11.0. The molecule has 0 amide bonds. The summed E-state index contributed by atoms with van der Waals surface area (Å²) in [7, 11) is 3.73. The highest BCUT2D eigenvalue weighted by atomic mass is 16.5. The predicted octanol–water partition coefficient (Wildman–Crippen LogP) is 3.93. The molecule has 1 aromatic carbocycles. The summed E-state index contributed by atoms with van der Waals surface area (Å²) in [6, 6.07) is 5.87. The molecule has 4 rings (SSSR count). The van der Waals surface area contributed by atoms with E-state index in [9.17, 15) is 5.11 Å². The number of phenols is 1. The Morgan fingerprint density at radius 1 is 0.929 bits per heavy atom. The summed E-state index contributed by atoms with van der Waals surface area (Å²) in [5.41, 5.74) is 2.72. The van der Waals surface area contributed by atoms with Gasteiger partial charge in [-0.1, -0.05) is 0 Å². The van der Waals surface area contributed by atoms with Crippen LogP contribution in [-0.4, -0.2) is 61.6 Å². The summed E-state index contributed by atoms with van der Waals surface area (Å²) in [5, 5.41) is 10.1. The molecule has 0 aromatic heterocycles. The zero-order valence-electron chi connectivity index (χ0n) is 17.6. The molecule has 0 unspecified atom stereocenters. The number of hydrogen-bond donors (Lipinski definition) is 1. The fourth-order valence-electron chi connectivity index (χ4n) is 5.09. The number of hydrogen-bond acceptors (Lipinski definition) is 5. The molecule has 1 aliphatic heterocycles. The Labute approximate surface area is 169 Å². The molecular formula is C23H36N2O3. The van der Waals surface area contributed by atoms with Crippen molar-refractivity contribution in [3.05, 3.63) is 23.8 Å². The molecule has 1 heterocycles. The molecule has 3 aliphatic rings. The Kier molecular flexibility index (Phi) is 5.86. The molecule has 0 spiro atoms. The molecule has 0 radical (unpaired) electrons. The molecule has 5 nitrogen and oxygen atoms in total. The number of benzene rings is 1. The predicted molar refractivity (Wildman–Crippen MR) is 112 cm³/mol. The third-order valence-electron chi connectivity index (χ3n) is 7.60. The van der Waals surface area contributed by atoms with Crippen molar-refractivity contribution in [1.29, 1.82) is 0 Å². The second-order valence-corrected chi connectivity index (χ2v) is 9.06. The lowest BCUT2D eigenvalue weighted by Crippen LogP contribution is -2.44. The number of rotatable bonds is 8. The largest absolute Gasteiger partial charge is 0.508 e. The molecule has 2 saturated carbocycles. The van der Waals surface area contributed by atoms with Crippen molar-refractivity contribution in [2.24, 2.45) is 0 Å². The molecule has 0 atom stereocenters. The summed E-state index contributed by atoms with van der Waals surface area (Å²) in [6.45, 7) is 5.04. The standard InChI is InChI=1S/C23H36N2O3/c1-27-22(7-3-8-22)11-13-24-15-16-25(14-12-23(28-2)9-4-10-23)21-6-5-20(26)17-19(21)18-24/h5-6,17,26H,3-4,7-16,18H2,1-2H3. The van der Waals surface area contributed by atoms with Crippen LogP contribution in [0.1, 0.15) is 56.9 Å². The van der Waals surface area contributed by atoms with Crippen LogP contribution in [0.3, 0.4) is 0 Å². The van der Waals surface area contributed by atoms with Crippen molar-refractivity contribution < 1.29 is 14.6 Å². The number of phenolic OH excluding ortho intramolecular Hbond substituents is 1. The molecule has 2 aliphatic carbocycles. The summed E-state index contributed by atoms with van der Waals surface area (Å²) in [5.74, 6) is 0.361. The lowest BCUT2D eigenvalue weighted by atomic mass is 9.77. The van der Waals surface area contributed by atoms with E-state index >= 15 is 0 Å². The van der Waals surface area contributed by atoms with Gasteiger partial charge in [0.15, 0.2) is 0 Å². The number of nitrogens with zero attached hydrogens (tertiary/aromatic N) is 2. The van der Waals surface area contributed by atoms with Crippen molar-refractivity contribution in [1.82, 2.24) is 4.90 Å². The van der Waals surface area contributed by atoms with Crippen LogP contribution >= 0.6 is 0 Å². The summed E-state index contributed by atoms with van der Waals surface area (Å²) >= 11 is 0. The molecule has 28 heavy (non-hydrogen) atoms. The Balaban J connectivity index is 1.43. The van der Waals surface area contributed by atoms with Crippen molar-refractivity contribution in [3.63, 3.8) is 0 Å². The van der Waals surface area contributed by atoms with Gasteiger partial charge in [-0.2, -0.15) is 0 Å². The van der Waals surface area contributed by atoms with E-state index in [0.717, 1.165) is 45.6 Å². The highest BCUT2D eigenvalue weighted by molar-refractivity contribution is 5.57. The normalized spacial score (nSPS) is 23.4. The fraction of sp³-hybridized carbons (Fsp3) is 0.739. The Morgan fingerprint density at radius 2 is 1.57 bits per heavy atom. The maximum Gasteiger partial charge on any atom is 0.116 e. The first kappa shape index (κ1) is 20.0. The van der Waals surface area contributed by atoms with E-state index in [2.05, 4.69) is 15.9 Å². The van der Waals surface area contributed by atoms with Crippen LogP contribution < -0.4 is 4.90 Å². The third kappa shape index (κ3) is 4.03. The van der Waals surface area contributed by atoms with Gasteiger partial charge in [0.2, 0.25) is 0 Å². The van der Waals surface area contributed by atoms with E-state index in [1.165, 1.54) is 49.8 Å². The van der Waals surface area contributed by atoms with Gasteiger partial charge < -0.3 is 19.5 Å². The number of fused-ring (bicyclic) bond motifs is 1. The van der Waals surface area contributed by atoms with E-state index in [0.29, 0.717) is 5.75 Å². The first-order chi connectivity index (χ1) is 13.6. The van der Waals surface area contributed by atoms with Crippen LogP contribution in [0.25, 0.3) is 0 Å². The minimum atomic E-state index is 0.0954. The van der Waals surface area contributed by atoms with Crippen molar-refractivity contribution in [2.45, 2.75) is 69.1 Å². The van der Waals surface area contributed by atoms with E-state index in [1.807, 2.05) is 26.4 Å². The van der Waals surface area contributed by atoms with Crippen LogP contribution in [0.4, 0.5) is 5.69 Å². The average Bonchev–Trinajstić information content (AvgIpc) is 2.79. The topological polar surface area (TPSA) is 45.2 Å². The molecule has 1 N–H and O–H groups in total. The minimum Gasteiger partial charge on any atom is -0.508 e. The van der Waals surface area contributed by atoms with Crippen LogP contribution in [0.5, 0.6) is 5.75 Å². The highest BCUT2D eigenvalue weighted by Gasteiger charge is 2.38. The number of aromatic hydroxyl groups is 1. The second-order valence-electron chi connectivity index (χ2n) is 9.06. The number of ether oxygens (including phenoxy) is 2. The summed E-state index contributed by atoms with van der Waals surface area (Å²) < 4.78 is 11.7. The van der Waals surface area contributed by atoms with Gasteiger partial charge in [0.05, 0.1) is 11.2 Å². The second kappa shape index (κ2) is 8.21. The summed E-state index contributed by atoms with van der Waals surface area (Å²) in [4.78, 5) is 5.04. The maximum absolute atomic E-state index is 10.1. The highest BCUT2D eigenvalue weighted by Crippen LogP contribution is 2.40. The van der Waals surface area contributed by atoms with Crippen molar-refractivity contribution in [3.8, 4) is 5.75 Å². The zero-order valence-corrected chi connectivity index (χ0v) is 17.6. The third-order valence-corrected chi connectivity index (χ3v) is 7.60. The van der Waals surface area contributed by atoms with E-state index in [-0.39, 0.29) is 11.2 Å². The van der Waals surface area contributed by atoms with Crippen molar-refractivity contribution >= 4 is 5.69 Å². The molecular weight excluding hydrogens is 352 g/mol. The number of methoxy groups -OCH3 is 2. The quantitative estimate of drug-likeness (QED) is 0.731. The molecule has 1 aromatic rings. The van der Waals surface area contributed by atoms with Crippen LogP contribution in [0, 0.1) is 0 Å². The fourth-order valence-corrected chi connectivity index (χ4v) is 5.09. The van der Waals surface area contributed by atoms with Crippen LogP contribution in [-0.2, 0) is 16.0 Å². The molecule has 156 valence electrons. The van der Waals surface area contributed by atoms with Gasteiger partial charge in [-0.15, -0.1) is 0 Å². The van der Waals surface area contributed by atoms with E-state index in [4.69, 9.17) is 9.47 Å². The monoisotopic (exact) mass is 388 g/mol. The molecule has 5 heteroatoms. The SMILES string of the molecule is COC1(CCN2CCN(CCC3(OC)CCC3)c3ccc(O)cc3C2)CCC1. The van der Waals surface area contributed by atoms with Crippen LogP contribution in [0.2, 0.25) is 0 Å². The van der Waals surface area contributed by atoms with Crippen LogP contribution in [0.15, 0.2) is 18.2 Å². The zero-order chi connectivity index (χ0) is 19.6. The van der Waals surface area contributed by atoms with Gasteiger partial charge in [0.25, 0.3) is 0 Å². The average molecular weight is 389 g/mol.